The minimum absolute atomic E-state index is 0.0680. The van der Waals surface area contributed by atoms with Gasteiger partial charge in [0.15, 0.2) is 24.8 Å². The fraction of sp³-hybridized carbons (Fsp3) is 0.455. The van der Waals surface area contributed by atoms with Crippen LogP contribution in [0.4, 0.5) is 0 Å². The second-order valence-electron chi connectivity index (χ2n) is 11.8. The Hall–Kier alpha value is -4.62. The second-order valence-corrected chi connectivity index (χ2v) is 11.8. The van der Waals surface area contributed by atoms with Crippen LogP contribution in [-0.2, 0) is 42.8 Å². The monoisotopic (exact) mass is 701 g/mol. The van der Waals surface area contributed by atoms with Gasteiger partial charge in [0.05, 0.1) is 17.7 Å². The van der Waals surface area contributed by atoms with Crippen LogP contribution in [0.5, 0.6) is 0 Å². The van der Waals surface area contributed by atoms with E-state index in [1.54, 1.807) is 6.07 Å². The van der Waals surface area contributed by atoms with E-state index in [-0.39, 0.29) is 16.7 Å². The van der Waals surface area contributed by atoms with Crippen molar-refractivity contribution in [3.63, 3.8) is 0 Å². The zero-order valence-corrected chi connectivity index (χ0v) is 26.9. The van der Waals surface area contributed by atoms with Gasteiger partial charge in [0.25, 0.3) is 11.8 Å². The van der Waals surface area contributed by atoms with Crippen molar-refractivity contribution in [3.05, 3.63) is 71.3 Å². The topological polar surface area (TPSA) is 242 Å². The van der Waals surface area contributed by atoms with E-state index in [2.05, 4.69) is 0 Å². The highest BCUT2D eigenvalue weighted by Crippen LogP contribution is 2.40. The number of hydrogen-bond donors (Lipinski definition) is 4. The number of benzene rings is 2. The number of aliphatic hydroxyl groups is 4. The van der Waals surface area contributed by atoms with Gasteiger partial charge in [-0.2, -0.15) is 0 Å². The second kappa shape index (κ2) is 14.7. The van der Waals surface area contributed by atoms with Crippen molar-refractivity contribution in [2.24, 2.45) is 0 Å². The highest BCUT2D eigenvalue weighted by Gasteiger charge is 2.64. The van der Waals surface area contributed by atoms with Crippen LogP contribution < -0.4 is 0 Å². The largest absolute Gasteiger partial charge is 0.463 e. The summed E-state index contributed by atoms with van der Waals surface area (Å²) in [6.07, 6.45) is -15.6. The van der Waals surface area contributed by atoms with Crippen LogP contribution in [-0.4, -0.2) is 135 Å². The molecule has 50 heavy (non-hydrogen) atoms. The Morgan fingerprint density at radius 2 is 1.36 bits per heavy atom. The van der Waals surface area contributed by atoms with E-state index in [0.717, 1.165) is 20.8 Å². The molecule has 0 aromatic heterocycles. The number of fused-ring (bicyclic) bond motifs is 1. The molecule has 2 aromatic rings. The molecule has 3 heterocycles. The first-order valence-electron chi connectivity index (χ1n) is 15.4. The molecule has 268 valence electrons. The number of carbonyl (C=O) groups excluding carboxylic acids is 6. The van der Waals surface area contributed by atoms with Gasteiger partial charge in [0, 0.05) is 26.3 Å². The molecule has 0 bridgehead atoms. The number of amides is 2. The Kier molecular flexibility index (Phi) is 10.8. The highest BCUT2D eigenvalue weighted by molar-refractivity contribution is 6.21. The Bertz CT molecular complexity index is 1610. The van der Waals surface area contributed by atoms with Crippen LogP contribution in [0.25, 0.3) is 0 Å². The summed E-state index contributed by atoms with van der Waals surface area (Å²) < 4.78 is 33.5. The summed E-state index contributed by atoms with van der Waals surface area (Å²) in [5.41, 5.74) is -3.44. The molecule has 4 N–H and O–H groups in total. The fourth-order valence-corrected chi connectivity index (χ4v) is 6.23. The van der Waals surface area contributed by atoms with Gasteiger partial charge in [0.1, 0.15) is 37.1 Å². The Balaban J connectivity index is 1.68. The van der Waals surface area contributed by atoms with Crippen molar-refractivity contribution in [2.75, 3.05) is 13.2 Å². The zero-order valence-electron chi connectivity index (χ0n) is 26.9. The number of aliphatic hydroxyl groups excluding tert-OH is 3. The summed E-state index contributed by atoms with van der Waals surface area (Å²) >= 11 is 0. The van der Waals surface area contributed by atoms with E-state index < -0.39 is 110 Å². The third kappa shape index (κ3) is 6.76. The molecule has 0 aliphatic carbocycles. The van der Waals surface area contributed by atoms with Gasteiger partial charge in [-0.1, -0.05) is 42.5 Å². The van der Waals surface area contributed by atoms with E-state index in [9.17, 15) is 49.2 Å². The number of Topliss-reactive ketones (excluding diaryl/α,β-unsaturated/α-hetero) is 1. The third-order valence-electron chi connectivity index (χ3n) is 8.46. The Labute approximate surface area is 284 Å². The molecule has 3 aliphatic rings. The first kappa shape index (κ1) is 36.7. The summed E-state index contributed by atoms with van der Waals surface area (Å²) in [4.78, 5) is 78.9. The number of ketones is 1. The molecular formula is C33H35NO16. The molecule has 0 radical (unpaired) electrons. The molecule has 2 aromatic carbocycles. The van der Waals surface area contributed by atoms with Gasteiger partial charge < -0.3 is 48.8 Å². The maximum atomic E-state index is 13.9. The molecule has 10 atom stereocenters. The molecule has 2 fully saturated rings. The van der Waals surface area contributed by atoms with Gasteiger partial charge in [0.2, 0.25) is 11.4 Å². The lowest BCUT2D eigenvalue weighted by atomic mass is 9.80. The molecule has 17 heteroatoms. The highest BCUT2D eigenvalue weighted by atomic mass is 16.7. The third-order valence-corrected chi connectivity index (χ3v) is 8.46. The molecule has 2 amide bonds. The van der Waals surface area contributed by atoms with Gasteiger partial charge in [-0.25, -0.2) is 0 Å². The predicted octanol–water partition coefficient (Wildman–Crippen LogP) is -1.13. The lowest BCUT2D eigenvalue weighted by Gasteiger charge is -2.51. The van der Waals surface area contributed by atoms with Crippen molar-refractivity contribution < 1.29 is 77.6 Å². The lowest BCUT2D eigenvalue weighted by molar-refractivity contribution is -0.360. The minimum atomic E-state index is -3.14. The van der Waals surface area contributed by atoms with E-state index in [4.69, 9.17) is 28.4 Å². The average molecular weight is 702 g/mol. The maximum Gasteiger partial charge on any atom is 0.303 e. The van der Waals surface area contributed by atoms with Crippen molar-refractivity contribution in [1.82, 2.24) is 4.90 Å². The predicted molar refractivity (Wildman–Crippen MR) is 162 cm³/mol. The number of imide groups is 1. The first-order chi connectivity index (χ1) is 23.7. The van der Waals surface area contributed by atoms with E-state index in [1.807, 2.05) is 0 Å². The number of carbonyl (C=O) groups is 6. The number of nitrogens with zero attached hydrogens (tertiary/aromatic N) is 1. The Morgan fingerprint density at radius 3 is 1.90 bits per heavy atom. The number of esters is 3. The van der Waals surface area contributed by atoms with Crippen LogP contribution in [0.1, 0.15) is 51.8 Å². The molecule has 3 aliphatic heterocycles. The number of ether oxygens (including phenoxy) is 6. The van der Waals surface area contributed by atoms with Crippen LogP contribution in [0.2, 0.25) is 0 Å². The van der Waals surface area contributed by atoms with E-state index in [1.165, 1.54) is 48.5 Å². The van der Waals surface area contributed by atoms with E-state index >= 15 is 0 Å². The molecule has 2 saturated heterocycles. The summed E-state index contributed by atoms with van der Waals surface area (Å²) in [6.45, 7) is 1.44. The van der Waals surface area contributed by atoms with Crippen molar-refractivity contribution in [2.45, 2.75) is 81.6 Å². The van der Waals surface area contributed by atoms with Gasteiger partial charge in [-0.15, -0.1) is 0 Å². The summed E-state index contributed by atoms with van der Waals surface area (Å²) in [5.74, 6) is -5.79. The molecule has 17 nitrogen and oxygen atoms in total. The molecule has 0 spiro atoms. The standard InChI is InChI=1S/C33H35NO16/c1-15(36)45-14-22-25(46-16(2)37)26(47-17(3)38)23(34-29(41)19-11-7-8-12-20(19)30(34)42)31(48-22)50-28-24(39)21(13-35)49-32(43)33(28,44)27(40)18-9-5-4-6-10-18/h4-12,21-26,28,31-32,35,39,43-44H,13-14H2,1-3H3/t21-,22-,23-,24+,25-,26-,28+,31+,32-,33-/m1/s1. The van der Waals surface area contributed by atoms with E-state index in [0.29, 0.717) is 4.90 Å². The molecular weight excluding hydrogens is 666 g/mol. The number of rotatable bonds is 10. The first-order valence-corrected chi connectivity index (χ1v) is 15.4. The molecule has 5 rings (SSSR count). The summed E-state index contributed by atoms with van der Waals surface area (Å²) in [7, 11) is 0. The summed E-state index contributed by atoms with van der Waals surface area (Å²) in [6, 6.07) is 10.9. The van der Waals surface area contributed by atoms with Crippen molar-refractivity contribution >= 4 is 35.5 Å². The zero-order chi connectivity index (χ0) is 36.5. The van der Waals surface area contributed by atoms with Gasteiger partial charge in [-0.3, -0.25) is 33.7 Å². The summed E-state index contributed by atoms with van der Waals surface area (Å²) in [5, 5.41) is 44.3. The lowest BCUT2D eigenvalue weighted by Crippen LogP contribution is -2.73. The van der Waals surface area contributed by atoms with Crippen molar-refractivity contribution in [1.29, 1.82) is 0 Å². The fourth-order valence-electron chi connectivity index (χ4n) is 6.23. The quantitative estimate of drug-likeness (QED) is 0.0992. The van der Waals surface area contributed by atoms with Gasteiger partial charge >= 0.3 is 17.9 Å². The van der Waals surface area contributed by atoms with Crippen LogP contribution >= 0.6 is 0 Å². The molecule has 0 unspecified atom stereocenters. The Morgan fingerprint density at radius 1 is 0.800 bits per heavy atom. The van der Waals surface area contributed by atoms with Crippen molar-refractivity contribution in [3.8, 4) is 0 Å². The normalized spacial score (nSPS) is 32.2. The average Bonchev–Trinajstić information content (AvgIpc) is 3.33. The van der Waals surface area contributed by atoms with Gasteiger partial charge in [-0.05, 0) is 12.1 Å². The van der Waals surface area contributed by atoms with Crippen LogP contribution in [0.3, 0.4) is 0 Å². The van der Waals surface area contributed by atoms with Crippen LogP contribution in [0.15, 0.2) is 54.6 Å². The number of hydrogen-bond acceptors (Lipinski definition) is 16. The minimum Gasteiger partial charge on any atom is -0.463 e. The SMILES string of the molecule is CC(=O)OC[C@H]1O[C@@H](O[C@H]2[C@@H](O)[C@@H](CO)O[C@@H](O)[C@@]2(O)C(=O)c2ccccc2)[C@H](N2C(=O)c3ccccc3C2=O)[C@@H](OC(C)=O)[C@@H]1OC(C)=O. The van der Waals surface area contributed by atoms with Crippen LogP contribution in [0, 0.1) is 0 Å². The maximum absolute atomic E-state index is 13.9. The smallest absolute Gasteiger partial charge is 0.303 e. The molecule has 0 saturated carbocycles.